The van der Waals surface area contributed by atoms with Crippen LogP contribution in [-0.2, 0) is 0 Å². The first-order valence-corrected chi connectivity index (χ1v) is 11.3. The molecule has 1 aliphatic carbocycles. The van der Waals surface area contributed by atoms with Crippen LogP contribution in [0.5, 0.6) is 5.75 Å². The Labute approximate surface area is 188 Å². The zero-order valence-corrected chi connectivity index (χ0v) is 18.8. The van der Waals surface area contributed by atoms with Gasteiger partial charge in [-0.1, -0.05) is 12.2 Å². The standard InChI is InChI=1S/C23H32FN7O/c1-30-13-11-18(12-14-30)31(2)23-28-21(25-16-7-5-3-4-6-8-16)27-22(29-23)26-17-9-10-20(32)19(24)15-17/h3,5,9-10,15-16,18,32H,4,6-8,11-14H2,1-2H3,(H2,25,26,27,28,29). The molecule has 0 amide bonds. The molecule has 0 radical (unpaired) electrons. The van der Waals surface area contributed by atoms with E-state index in [0.29, 0.717) is 29.6 Å². The summed E-state index contributed by atoms with van der Waals surface area (Å²) in [6, 6.07) is 4.73. The summed E-state index contributed by atoms with van der Waals surface area (Å²) in [6.07, 6.45) is 10.7. The van der Waals surface area contributed by atoms with Crippen molar-refractivity contribution in [1.29, 1.82) is 0 Å². The number of allylic oxidation sites excluding steroid dienone is 1. The van der Waals surface area contributed by atoms with E-state index in [1.165, 1.54) is 12.1 Å². The fourth-order valence-electron chi connectivity index (χ4n) is 4.19. The molecule has 1 unspecified atom stereocenters. The molecule has 32 heavy (non-hydrogen) atoms. The lowest BCUT2D eigenvalue weighted by molar-refractivity contribution is 0.252. The highest BCUT2D eigenvalue weighted by molar-refractivity contribution is 5.57. The van der Waals surface area contributed by atoms with Crippen molar-refractivity contribution in [3.63, 3.8) is 0 Å². The normalized spacial score (nSPS) is 20.0. The third-order valence-electron chi connectivity index (χ3n) is 6.22. The van der Waals surface area contributed by atoms with Crippen molar-refractivity contribution in [2.45, 2.75) is 50.6 Å². The van der Waals surface area contributed by atoms with E-state index in [1.807, 2.05) is 7.05 Å². The molecule has 0 bridgehead atoms. The first-order valence-electron chi connectivity index (χ1n) is 11.3. The van der Waals surface area contributed by atoms with Gasteiger partial charge in [0, 0.05) is 30.9 Å². The van der Waals surface area contributed by atoms with Crippen molar-refractivity contribution >= 4 is 23.5 Å². The Morgan fingerprint density at radius 2 is 1.88 bits per heavy atom. The van der Waals surface area contributed by atoms with Crippen molar-refractivity contribution in [3.05, 3.63) is 36.2 Å². The number of likely N-dealkylation sites (tertiary alicyclic amines) is 1. The van der Waals surface area contributed by atoms with E-state index in [9.17, 15) is 9.50 Å². The second kappa shape index (κ2) is 10.1. The molecule has 1 aromatic carbocycles. The molecule has 9 heteroatoms. The topological polar surface area (TPSA) is 89.4 Å². The lowest BCUT2D eigenvalue weighted by Crippen LogP contribution is -2.42. The van der Waals surface area contributed by atoms with Crippen molar-refractivity contribution in [1.82, 2.24) is 19.9 Å². The number of nitrogens with one attached hydrogen (secondary N) is 2. The molecule has 2 aromatic rings. The maximum absolute atomic E-state index is 13.8. The van der Waals surface area contributed by atoms with Crippen LogP contribution in [0.1, 0.15) is 38.5 Å². The Kier molecular flexibility index (Phi) is 7.04. The maximum atomic E-state index is 13.8. The number of benzene rings is 1. The molecular formula is C23H32FN7O. The summed E-state index contributed by atoms with van der Waals surface area (Å²) in [5.74, 6) is 0.348. The van der Waals surface area contributed by atoms with E-state index in [4.69, 9.17) is 4.98 Å². The van der Waals surface area contributed by atoms with Crippen LogP contribution in [0.15, 0.2) is 30.4 Å². The predicted octanol–water partition coefficient (Wildman–Crippen LogP) is 3.90. The van der Waals surface area contributed by atoms with Crippen LogP contribution in [0, 0.1) is 5.82 Å². The van der Waals surface area contributed by atoms with Gasteiger partial charge in [0.15, 0.2) is 11.6 Å². The van der Waals surface area contributed by atoms with Crippen LogP contribution in [0.4, 0.5) is 27.9 Å². The SMILES string of the molecule is CN1CCC(N(C)c2nc(Nc3ccc(O)c(F)c3)nc(NC3CC=CCCC3)n2)CC1. The summed E-state index contributed by atoms with van der Waals surface area (Å²) in [7, 11) is 4.16. The number of aromatic nitrogens is 3. The average molecular weight is 442 g/mol. The summed E-state index contributed by atoms with van der Waals surface area (Å²) >= 11 is 0. The Balaban J connectivity index is 1.59. The molecule has 1 atom stereocenters. The Bertz CT molecular complexity index is 946. The van der Waals surface area contributed by atoms with Gasteiger partial charge in [0.1, 0.15) is 0 Å². The number of hydrogen-bond acceptors (Lipinski definition) is 8. The first kappa shape index (κ1) is 22.3. The second-order valence-corrected chi connectivity index (χ2v) is 8.70. The molecule has 3 N–H and O–H groups in total. The van der Waals surface area contributed by atoms with Crippen molar-refractivity contribution in [2.24, 2.45) is 0 Å². The number of nitrogens with zero attached hydrogens (tertiary/aromatic N) is 5. The van der Waals surface area contributed by atoms with Gasteiger partial charge >= 0.3 is 0 Å². The van der Waals surface area contributed by atoms with Crippen molar-refractivity contribution < 1.29 is 9.50 Å². The Hall–Kier alpha value is -2.94. The molecule has 2 heterocycles. The highest BCUT2D eigenvalue weighted by Gasteiger charge is 2.24. The quantitative estimate of drug-likeness (QED) is 0.459. The van der Waals surface area contributed by atoms with Gasteiger partial charge in [0.25, 0.3) is 0 Å². The third-order valence-corrected chi connectivity index (χ3v) is 6.22. The summed E-state index contributed by atoms with van der Waals surface area (Å²) in [4.78, 5) is 18.4. The summed E-state index contributed by atoms with van der Waals surface area (Å²) in [5, 5.41) is 16.0. The lowest BCUT2D eigenvalue weighted by atomic mass is 10.0. The first-order chi connectivity index (χ1) is 15.5. The predicted molar refractivity (Wildman–Crippen MR) is 125 cm³/mol. The van der Waals surface area contributed by atoms with Gasteiger partial charge in [-0.3, -0.25) is 0 Å². The van der Waals surface area contributed by atoms with E-state index in [-0.39, 0.29) is 6.04 Å². The minimum atomic E-state index is -0.698. The summed E-state index contributed by atoms with van der Waals surface area (Å²) in [6.45, 7) is 2.08. The Morgan fingerprint density at radius 1 is 1.09 bits per heavy atom. The molecule has 1 fully saturated rings. The van der Waals surface area contributed by atoms with Gasteiger partial charge in [0.2, 0.25) is 17.8 Å². The zero-order valence-electron chi connectivity index (χ0n) is 18.8. The number of rotatable bonds is 6. The van der Waals surface area contributed by atoms with E-state index >= 15 is 0 Å². The van der Waals surface area contributed by atoms with E-state index in [0.717, 1.165) is 51.6 Å². The van der Waals surface area contributed by atoms with Gasteiger partial charge in [-0.25, -0.2) is 4.39 Å². The smallest absolute Gasteiger partial charge is 0.233 e. The maximum Gasteiger partial charge on any atom is 0.233 e. The minimum Gasteiger partial charge on any atom is -0.505 e. The van der Waals surface area contributed by atoms with Crippen molar-refractivity contribution in [2.75, 3.05) is 42.7 Å². The molecular weight excluding hydrogens is 409 g/mol. The molecule has 8 nitrogen and oxygen atoms in total. The van der Waals surface area contributed by atoms with Gasteiger partial charge in [-0.15, -0.1) is 0 Å². The lowest BCUT2D eigenvalue weighted by Gasteiger charge is -2.35. The molecule has 4 rings (SSSR count). The molecule has 0 spiro atoms. The monoisotopic (exact) mass is 441 g/mol. The van der Waals surface area contributed by atoms with Gasteiger partial charge < -0.3 is 25.5 Å². The molecule has 2 aliphatic rings. The van der Waals surface area contributed by atoms with E-state index < -0.39 is 11.6 Å². The number of hydrogen-bond donors (Lipinski definition) is 3. The average Bonchev–Trinajstić information content (AvgIpc) is 3.05. The zero-order chi connectivity index (χ0) is 22.5. The Morgan fingerprint density at radius 3 is 2.66 bits per heavy atom. The van der Waals surface area contributed by atoms with Crippen molar-refractivity contribution in [3.8, 4) is 5.75 Å². The number of phenols is 1. The molecule has 1 aromatic heterocycles. The largest absolute Gasteiger partial charge is 0.505 e. The van der Waals surface area contributed by atoms with Gasteiger partial charge in [-0.2, -0.15) is 15.0 Å². The van der Waals surface area contributed by atoms with Crippen LogP contribution in [0.25, 0.3) is 0 Å². The highest BCUT2D eigenvalue weighted by atomic mass is 19.1. The number of piperidine rings is 1. The second-order valence-electron chi connectivity index (χ2n) is 8.70. The number of halogens is 1. The number of anilines is 4. The van der Waals surface area contributed by atoms with Crippen LogP contribution < -0.4 is 15.5 Å². The van der Waals surface area contributed by atoms with Gasteiger partial charge in [0.05, 0.1) is 0 Å². The molecule has 1 saturated heterocycles. The summed E-state index contributed by atoms with van der Waals surface area (Å²) in [5.41, 5.74) is 0.461. The third kappa shape index (κ3) is 5.64. The molecule has 172 valence electrons. The van der Waals surface area contributed by atoms with E-state index in [2.05, 4.69) is 49.6 Å². The van der Waals surface area contributed by atoms with Gasteiger partial charge in [-0.05, 0) is 70.8 Å². The fraction of sp³-hybridized carbons (Fsp3) is 0.522. The van der Waals surface area contributed by atoms with Crippen LogP contribution in [0.3, 0.4) is 0 Å². The molecule has 1 aliphatic heterocycles. The minimum absolute atomic E-state index is 0.261. The van der Waals surface area contributed by atoms with Crippen LogP contribution in [-0.4, -0.2) is 64.2 Å². The van der Waals surface area contributed by atoms with Crippen LogP contribution >= 0.6 is 0 Å². The molecule has 0 saturated carbocycles. The number of phenolic OH excluding ortho intramolecular Hbond substituents is 1. The number of aromatic hydroxyl groups is 1. The van der Waals surface area contributed by atoms with E-state index in [1.54, 1.807) is 6.07 Å². The summed E-state index contributed by atoms with van der Waals surface area (Å²) < 4.78 is 13.8. The van der Waals surface area contributed by atoms with Crippen LogP contribution in [0.2, 0.25) is 0 Å². The highest BCUT2D eigenvalue weighted by Crippen LogP contribution is 2.25. The fourth-order valence-corrected chi connectivity index (χ4v) is 4.19.